The van der Waals surface area contributed by atoms with Crippen LogP contribution in [0.4, 0.5) is 0 Å². The highest BCUT2D eigenvalue weighted by atomic mass is 33.1. The number of carboxylic acid groups (broad SMARTS) is 1. The molecule has 3 nitrogen and oxygen atoms in total. The van der Waals surface area contributed by atoms with E-state index < -0.39 is 5.97 Å². The summed E-state index contributed by atoms with van der Waals surface area (Å²) in [5.41, 5.74) is 0. The van der Waals surface area contributed by atoms with E-state index in [2.05, 4.69) is 0 Å². The van der Waals surface area contributed by atoms with E-state index in [4.69, 9.17) is 10.2 Å². The predicted octanol–water partition coefficient (Wildman–Crippen LogP) is 1.08. The number of aliphatic hydroxyl groups excluding tert-OH is 1. The van der Waals surface area contributed by atoms with Crippen molar-refractivity contribution >= 4 is 27.6 Å². The van der Waals surface area contributed by atoms with Gasteiger partial charge in [-0.3, -0.25) is 4.79 Å². The molecule has 0 amide bonds. The Kier molecular flexibility index (Phi) is 6.90. The van der Waals surface area contributed by atoms with E-state index in [1.54, 1.807) is 6.92 Å². The van der Waals surface area contributed by atoms with Gasteiger partial charge in [0, 0.05) is 11.5 Å². The lowest BCUT2D eigenvalue weighted by Gasteiger charge is -2.03. The number of carbonyl (C=O) groups is 1. The Morgan fingerprint density at radius 3 is 2.64 bits per heavy atom. The van der Waals surface area contributed by atoms with Crippen LogP contribution in [0, 0.1) is 5.92 Å². The number of rotatable bonds is 6. The Morgan fingerprint density at radius 2 is 2.18 bits per heavy atom. The van der Waals surface area contributed by atoms with Crippen molar-refractivity contribution in [2.75, 3.05) is 18.1 Å². The highest BCUT2D eigenvalue weighted by molar-refractivity contribution is 8.76. The summed E-state index contributed by atoms with van der Waals surface area (Å²) < 4.78 is 0. The van der Waals surface area contributed by atoms with Gasteiger partial charge in [0.25, 0.3) is 0 Å². The molecule has 0 saturated carbocycles. The second-order valence-corrected chi connectivity index (χ2v) is 4.70. The average molecular weight is 196 g/mol. The van der Waals surface area contributed by atoms with E-state index in [0.29, 0.717) is 11.5 Å². The van der Waals surface area contributed by atoms with Crippen LogP contribution in [0.2, 0.25) is 0 Å². The first-order valence-corrected chi connectivity index (χ1v) is 5.75. The minimum atomic E-state index is -0.762. The Hall–Kier alpha value is 0.130. The smallest absolute Gasteiger partial charge is 0.307 e. The molecule has 1 atom stereocenters. The van der Waals surface area contributed by atoms with Crippen molar-refractivity contribution in [2.24, 2.45) is 5.92 Å². The molecular formula is C6H12O3S2. The molecule has 0 heterocycles. The molecule has 0 spiro atoms. The number of carboxylic acids is 1. The summed E-state index contributed by atoms with van der Waals surface area (Å²) in [6.07, 6.45) is 0. The van der Waals surface area contributed by atoms with E-state index in [1.165, 1.54) is 21.6 Å². The molecule has 0 aliphatic rings. The van der Waals surface area contributed by atoms with Crippen LogP contribution in [0.3, 0.4) is 0 Å². The van der Waals surface area contributed by atoms with Gasteiger partial charge in [0.15, 0.2) is 0 Å². The van der Waals surface area contributed by atoms with Gasteiger partial charge in [-0.2, -0.15) is 0 Å². The van der Waals surface area contributed by atoms with Crippen LogP contribution in [-0.2, 0) is 4.79 Å². The van der Waals surface area contributed by atoms with Gasteiger partial charge in [-0.05, 0) is 0 Å². The average Bonchev–Trinajstić information content (AvgIpc) is 1.97. The van der Waals surface area contributed by atoms with Gasteiger partial charge < -0.3 is 10.2 Å². The van der Waals surface area contributed by atoms with Crippen LogP contribution in [-0.4, -0.2) is 34.3 Å². The lowest BCUT2D eigenvalue weighted by molar-refractivity contribution is -0.140. The molecule has 2 N–H and O–H groups in total. The van der Waals surface area contributed by atoms with Gasteiger partial charge in [-0.15, -0.1) is 0 Å². The summed E-state index contributed by atoms with van der Waals surface area (Å²) in [4.78, 5) is 10.3. The monoisotopic (exact) mass is 196 g/mol. The lowest BCUT2D eigenvalue weighted by Crippen LogP contribution is -2.11. The summed E-state index contributed by atoms with van der Waals surface area (Å²) in [5, 5.41) is 16.9. The molecule has 0 aromatic carbocycles. The maximum atomic E-state index is 10.3. The van der Waals surface area contributed by atoms with Gasteiger partial charge in [0.2, 0.25) is 0 Å². The summed E-state index contributed by atoms with van der Waals surface area (Å²) >= 11 is 0. The van der Waals surface area contributed by atoms with Gasteiger partial charge in [0.1, 0.15) is 0 Å². The van der Waals surface area contributed by atoms with E-state index in [9.17, 15) is 4.79 Å². The normalized spacial score (nSPS) is 12.9. The van der Waals surface area contributed by atoms with Crippen LogP contribution in [0.5, 0.6) is 0 Å². The Morgan fingerprint density at radius 1 is 1.55 bits per heavy atom. The third-order valence-electron chi connectivity index (χ3n) is 0.998. The maximum absolute atomic E-state index is 10.3. The number of hydrogen-bond acceptors (Lipinski definition) is 4. The number of hydrogen-bond donors (Lipinski definition) is 2. The minimum Gasteiger partial charge on any atom is -0.481 e. The first kappa shape index (κ1) is 11.1. The second-order valence-electron chi connectivity index (χ2n) is 2.07. The van der Waals surface area contributed by atoms with Crippen molar-refractivity contribution in [1.82, 2.24) is 0 Å². The topological polar surface area (TPSA) is 57.5 Å². The van der Waals surface area contributed by atoms with Crippen molar-refractivity contribution in [3.63, 3.8) is 0 Å². The van der Waals surface area contributed by atoms with Gasteiger partial charge >= 0.3 is 5.97 Å². The Balaban J connectivity index is 3.17. The zero-order valence-corrected chi connectivity index (χ0v) is 7.95. The first-order valence-electron chi connectivity index (χ1n) is 3.26. The van der Waals surface area contributed by atoms with Crippen LogP contribution < -0.4 is 0 Å². The van der Waals surface area contributed by atoms with Crippen molar-refractivity contribution in [1.29, 1.82) is 0 Å². The predicted molar refractivity (Wildman–Crippen MR) is 48.8 cm³/mol. The van der Waals surface area contributed by atoms with E-state index in [1.807, 2.05) is 0 Å². The molecule has 0 aliphatic carbocycles. The fourth-order valence-corrected chi connectivity index (χ4v) is 2.43. The van der Waals surface area contributed by atoms with Gasteiger partial charge in [-0.1, -0.05) is 28.5 Å². The molecule has 0 aromatic heterocycles. The Bertz CT molecular complexity index is 118. The summed E-state index contributed by atoms with van der Waals surface area (Å²) in [5.74, 6) is 0.199. The van der Waals surface area contributed by atoms with Crippen molar-refractivity contribution in [3.05, 3.63) is 0 Å². The maximum Gasteiger partial charge on any atom is 0.307 e. The van der Waals surface area contributed by atoms with E-state index >= 15 is 0 Å². The van der Waals surface area contributed by atoms with Crippen LogP contribution in [0.25, 0.3) is 0 Å². The molecule has 66 valence electrons. The fourth-order valence-electron chi connectivity index (χ4n) is 0.318. The summed E-state index contributed by atoms with van der Waals surface area (Å²) in [6, 6.07) is 0. The van der Waals surface area contributed by atoms with E-state index in [0.717, 1.165) is 0 Å². The fraction of sp³-hybridized carbons (Fsp3) is 0.833. The molecule has 0 rings (SSSR count). The van der Waals surface area contributed by atoms with Crippen molar-refractivity contribution < 1.29 is 15.0 Å². The minimum absolute atomic E-state index is 0.152. The highest BCUT2D eigenvalue weighted by Gasteiger charge is 2.09. The lowest BCUT2D eigenvalue weighted by atomic mass is 10.2. The number of aliphatic carboxylic acids is 1. The molecular weight excluding hydrogens is 184 g/mol. The standard InChI is InChI=1S/C6H12O3S2/c1-5(6(8)9)4-11-10-3-2-7/h5,7H,2-4H2,1H3,(H,8,9)/t5-/m0/s1. The van der Waals surface area contributed by atoms with Crippen molar-refractivity contribution in [2.45, 2.75) is 6.92 Å². The molecule has 5 heteroatoms. The largest absolute Gasteiger partial charge is 0.481 e. The van der Waals surface area contributed by atoms with Gasteiger partial charge in [0.05, 0.1) is 12.5 Å². The van der Waals surface area contributed by atoms with E-state index in [-0.39, 0.29) is 12.5 Å². The molecule has 0 fully saturated rings. The second kappa shape index (κ2) is 6.82. The zero-order valence-electron chi connectivity index (χ0n) is 6.32. The molecule has 0 unspecified atom stereocenters. The third kappa shape index (κ3) is 6.52. The van der Waals surface area contributed by atoms with Gasteiger partial charge in [-0.25, -0.2) is 0 Å². The van der Waals surface area contributed by atoms with Crippen molar-refractivity contribution in [3.8, 4) is 0 Å². The number of aliphatic hydroxyl groups is 1. The first-order chi connectivity index (χ1) is 5.18. The van der Waals surface area contributed by atoms with Crippen LogP contribution in [0.1, 0.15) is 6.92 Å². The molecule has 0 saturated heterocycles. The molecule has 0 bridgehead atoms. The van der Waals surface area contributed by atoms with Crippen LogP contribution >= 0.6 is 21.6 Å². The quantitative estimate of drug-likeness (QED) is 0.492. The summed E-state index contributed by atoms with van der Waals surface area (Å²) in [6.45, 7) is 1.83. The Labute approximate surface area is 74.0 Å². The zero-order chi connectivity index (χ0) is 8.69. The molecule has 0 aliphatic heterocycles. The molecule has 11 heavy (non-hydrogen) atoms. The SMILES string of the molecule is C[C@@H](CSSCCO)C(=O)O. The highest BCUT2D eigenvalue weighted by Crippen LogP contribution is 2.23. The van der Waals surface area contributed by atoms with Crippen LogP contribution in [0.15, 0.2) is 0 Å². The third-order valence-corrected chi connectivity index (χ3v) is 3.56. The summed E-state index contributed by atoms with van der Waals surface area (Å²) in [7, 11) is 2.99. The molecule has 0 aromatic rings. The molecule has 0 radical (unpaired) electrons.